The van der Waals surface area contributed by atoms with Gasteiger partial charge >= 0.3 is 81.4 Å². The predicted molar refractivity (Wildman–Crippen MR) is 170 cm³/mol. The quantitative estimate of drug-likeness (QED) is 0.0293. The molecule has 3 heterocycles. The van der Waals surface area contributed by atoms with E-state index in [0.717, 1.165) is 31.1 Å². The third-order valence-electron chi connectivity index (χ3n) is 7.04. The van der Waals surface area contributed by atoms with Gasteiger partial charge in [-0.2, -0.15) is 0 Å². The molecule has 1 aliphatic rings. The number of carboxylic acids is 1. The number of phosphoric ester groups is 3. The van der Waals surface area contributed by atoms with Crippen LogP contribution in [0.15, 0.2) is 12.7 Å². The number of thioether (sulfide) groups is 1. The molecular weight excluding hydrogens is 843 g/mol. The van der Waals surface area contributed by atoms with Crippen molar-refractivity contribution in [2.24, 2.45) is 5.41 Å². The minimum atomic E-state index is -5.93. The van der Waals surface area contributed by atoms with E-state index in [1.165, 1.54) is 0 Å². The molecule has 3 rings (SSSR count). The fourth-order valence-corrected chi connectivity index (χ4v) is 7.84. The van der Waals surface area contributed by atoms with Crippen molar-refractivity contribution in [3.05, 3.63) is 12.7 Å². The van der Waals surface area contributed by atoms with E-state index in [4.69, 9.17) is 15.6 Å². The number of anilines is 1. The largest absolute Gasteiger partial charge is 1.00 e. The van der Waals surface area contributed by atoms with Crippen LogP contribution in [-0.2, 0) is 55.5 Å². The molecule has 58 heavy (non-hydrogen) atoms. The van der Waals surface area contributed by atoms with Gasteiger partial charge in [-0.05, 0) is 0 Å². The number of hydrogen-bond acceptors (Lipinski definition) is 23. The number of carbonyl (C=O) groups is 4. The Morgan fingerprint density at radius 1 is 1.02 bits per heavy atom. The summed E-state index contributed by atoms with van der Waals surface area (Å²) in [6, 6.07) is 0. The number of rotatable bonds is 21. The Morgan fingerprint density at radius 2 is 1.64 bits per heavy atom. The van der Waals surface area contributed by atoms with Crippen molar-refractivity contribution in [1.82, 2.24) is 30.2 Å². The van der Waals surface area contributed by atoms with Gasteiger partial charge in [0.15, 0.2) is 22.8 Å². The van der Waals surface area contributed by atoms with Crippen LogP contribution in [0.1, 0.15) is 32.9 Å². The number of fused-ring (bicyclic) bond motifs is 1. The topological polar surface area (TPSA) is 412 Å². The number of nitrogens with two attached hydrogens (primary N) is 1. The Hall–Kier alpha value is -0.580. The van der Waals surface area contributed by atoms with E-state index < -0.39 is 102 Å². The van der Waals surface area contributed by atoms with Gasteiger partial charge in [0.25, 0.3) is 15.6 Å². The van der Waals surface area contributed by atoms with E-state index >= 15 is 0 Å². The summed E-state index contributed by atoms with van der Waals surface area (Å²) >= 11 is 0.706. The van der Waals surface area contributed by atoms with Crippen LogP contribution in [0.3, 0.4) is 0 Å². The van der Waals surface area contributed by atoms with E-state index in [1.54, 1.807) is 0 Å². The number of aliphatic hydroxyl groups excluding tert-OH is 2. The normalized spacial score (nSPS) is 20.4. The molecule has 34 heteroatoms. The van der Waals surface area contributed by atoms with Crippen molar-refractivity contribution in [2.75, 3.05) is 37.8 Å². The second-order valence-corrected chi connectivity index (χ2v) is 17.0. The molecule has 1 aliphatic heterocycles. The minimum Gasteiger partial charge on any atom is -0.790 e. The standard InChI is InChI=1S/C24H38N7O19P3S.4Li/c1-24(2,19(37)22(38)27-4-3-13(32)26-5-6-54-15(35)7-14(33)34)9-47-53(44,45)50-52(42,43)46-8-12-18(49-51(39,40)41)17(36)23(48-12)31-11-30-16-20(25)28-10-29-21(16)31;;;;/h10-12,17-19,23,36-37H,3-9H2,1-2H3,(H,26,32)(H,27,38)(H,33,34)(H,42,43)(H,44,45)(H2,25,28,29)(H2,39,40,41);;;;/q;4*+1/p-4/t12-,17?,18+,19+,23-;;;;/m1..../s1. The van der Waals surface area contributed by atoms with E-state index in [0.29, 0.717) is 11.8 Å². The van der Waals surface area contributed by atoms with Crippen molar-refractivity contribution in [3.63, 3.8) is 0 Å². The SMILES string of the molecule is CC(C)(COP(=O)([O-])OP(=O)([O-])OC[C@H]1O[C@@H](n2cnc3c(N)ncnc32)C(O)[C@H]1OP(=O)([O-])[O-])[C@@H](O)C(=O)NCCC(=O)NCCSC(=O)CC(=O)O.[Li+].[Li+].[Li+].[Li+]. The Balaban J connectivity index is 0. The molecule has 0 aliphatic carbocycles. The van der Waals surface area contributed by atoms with Gasteiger partial charge in [-0.25, -0.2) is 19.3 Å². The summed E-state index contributed by atoms with van der Waals surface area (Å²) in [6.07, 6.45) is -8.46. The molecule has 3 unspecified atom stereocenters. The molecule has 2 aromatic heterocycles. The summed E-state index contributed by atoms with van der Waals surface area (Å²) in [5.41, 5.74) is 3.99. The molecule has 7 N–H and O–H groups in total. The number of nitrogens with one attached hydrogen (secondary N) is 2. The third-order valence-corrected chi connectivity index (χ3v) is 10.9. The van der Waals surface area contributed by atoms with Crippen LogP contribution in [-0.4, -0.2) is 114 Å². The average molecular weight is 877 g/mol. The second kappa shape index (κ2) is 25.5. The van der Waals surface area contributed by atoms with Gasteiger partial charge in [0.05, 0.1) is 27.4 Å². The van der Waals surface area contributed by atoms with Gasteiger partial charge in [-0.1, -0.05) is 25.6 Å². The van der Waals surface area contributed by atoms with Crippen molar-refractivity contribution in [1.29, 1.82) is 0 Å². The first-order chi connectivity index (χ1) is 24.9. The van der Waals surface area contributed by atoms with E-state index in [9.17, 15) is 62.7 Å². The van der Waals surface area contributed by atoms with E-state index in [-0.39, 0.29) is 118 Å². The van der Waals surface area contributed by atoms with Gasteiger partial charge < -0.3 is 74.1 Å². The zero-order valence-corrected chi connectivity index (χ0v) is 35.5. The number of amides is 2. The first-order valence-electron chi connectivity index (χ1n) is 15.1. The molecule has 26 nitrogen and oxygen atoms in total. The molecule has 0 saturated carbocycles. The Bertz CT molecular complexity index is 1850. The number of phosphoric acid groups is 3. The number of hydrogen-bond donors (Lipinski definition) is 6. The first kappa shape index (κ1) is 59.5. The summed E-state index contributed by atoms with van der Waals surface area (Å²) in [4.78, 5) is 105. The summed E-state index contributed by atoms with van der Waals surface area (Å²) < 4.78 is 60.2. The minimum absolute atomic E-state index is 0. The first-order valence-corrected chi connectivity index (χ1v) is 20.5. The van der Waals surface area contributed by atoms with Crippen LogP contribution in [0, 0.1) is 5.41 Å². The summed E-state index contributed by atoms with van der Waals surface area (Å²) in [5, 5.41) is 33.8. The number of ether oxygens (including phenoxy) is 1. The summed E-state index contributed by atoms with van der Waals surface area (Å²) in [5.74, 6) is -2.91. The average Bonchev–Trinajstić information content (AvgIpc) is 3.60. The van der Waals surface area contributed by atoms with Crippen LogP contribution < -0.4 is 111 Å². The van der Waals surface area contributed by atoms with E-state index in [2.05, 4.69) is 43.5 Å². The van der Waals surface area contributed by atoms with Gasteiger partial charge in [-0.15, -0.1) is 0 Å². The smallest absolute Gasteiger partial charge is 0.790 e. The molecule has 0 radical (unpaired) electrons. The van der Waals surface area contributed by atoms with Crippen molar-refractivity contribution in [2.45, 2.75) is 57.3 Å². The molecule has 0 aromatic carbocycles. The Morgan fingerprint density at radius 3 is 2.24 bits per heavy atom. The molecule has 0 spiro atoms. The number of aliphatic hydroxyl groups is 2. The number of nitrogens with zero attached hydrogens (tertiary/aromatic N) is 4. The van der Waals surface area contributed by atoms with Gasteiger partial charge in [0.1, 0.15) is 42.7 Å². The maximum atomic E-state index is 12.5. The fourth-order valence-electron chi connectivity index (χ4n) is 4.45. The van der Waals surface area contributed by atoms with Gasteiger partial charge in [0, 0.05) is 30.7 Å². The van der Waals surface area contributed by atoms with Crippen molar-refractivity contribution < 1.29 is 166 Å². The van der Waals surface area contributed by atoms with Crippen molar-refractivity contribution in [3.8, 4) is 0 Å². The Labute approximate surface area is 381 Å². The van der Waals surface area contributed by atoms with E-state index in [1.807, 2.05) is 0 Å². The number of aromatic nitrogens is 4. The van der Waals surface area contributed by atoms with Crippen LogP contribution in [0.2, 0.25) is 0 Å². The molecule has 7 atom stereocenters. The molecule has 1 fully saturated rings. The predicted octanol–water partition coefficient (Wildman–Crippen LogP) is -16.4. The number of imidazole rings is 1. The molecular formula is C24H34Li4N7O19P3S. The number of carbonyl (C=O) groups excluding carboxylic acids is 3. The zero-order chi connectivity index (χ0) is 40.6. The molecule has 1 saturated heterocycles. The zero-order valence-electron chi connectivity index (χ0n) is 32.0. The van der Waals surface area contributed by atoms with Crippen LogP contribution in [0.4, 0.5) is 5.82 Å². The number of carboxylic acid groups (broad SMARTS) is 1. The van der Waals surface area contributed by atoms with Crippen LogP contribution in [0.5, 0.6) is 0 Å². The molecule has 2 amide bonds. The number of aliphatic carboxylic acids is 1. The maximum absolute atomic E-state index is 12.5. The third kappa shape index (κ3) is 18.8. The maximum Gasteiger partial charge on any atom is 1.00 e. The fraction of sp³-hybridized carbons (Fsp3) is 0.625. The Kier molecular flexibility index (Phi) is 26.2. The second-order valence-electron chi connectivity index (χ2n) is 11.8. The van der Waals surface area contributed by atoms with Crippen molar-refractivity contribution >= 4 is 75.1 Å². The monoisotopic (exact) mass is 877 g/mol. The molecule has 2 aromatic rings. The van der Waals surface area contributed by atoms with Crippen LogP contribution >= 0.6 is 35.2 Å². The van der Waals surface area contributed by atoms with Gasteiger partial charge in [0.2, 0.25) is 11.8 Å². The van der Waals surface area contributed by atoms with Gasteiger partial charge in [-0.3, -0.25) is 32.9 Å². The summed E-state index contributed by atoms with van der Waals surface area (Å²) in [7, 11) is -17.6. The molecule has 304 valence electrons. The molecule has 0 bridgehead atoms. The van der Waals surface area contributed by atoms with Crippen LogP contribution in [0.25, 0.3) is 11.2 Å². The summed E-state index contributed by atoms with van der Waals surface area (Å²) in [6.45, 7) is -0.268. The number of nitrogen functional groups attached to an aromatic ring is 1.